The van der Waals surface area contributed by atoms with Crippen molar-refractivity contribution in [1.29, 1.82) is 0 Å². The van der Waals surface area contributed by atoms with Gasteiger partial charge in [-0.1, -0.05) is 18.6 Å². The van der Waals surface area contributed by atoms with Gasteiger partial charge in [0.1, 0.15) is 5.52 Å². The molecule has 0 aliphatic carbocycles. The second-order valence-corrected chi connectivity index (χ2v) is 8.83. The molecule has 1 saturated heterocycles. The number of pyridine rings is 1. The largest absolute Gasteiger partial charge is 0.351 e. The lowest BCUT2D eigenvalue weighted by atomic mass is 10.0. The summed E-state index contributed by atoms with van der Waals surface area (Å²) >= 11 is 0. The summed E-state index contributed by atoms with van der Waals surface area (Å²) in [6.07, 6.45) is 7.36. The lowest BCUT2D eigenvalue weighted by Gasteiger charge is -2.33. The average molecular weight is 444 g/mol. The number of carbonyl (C=O) groups is 1. The number of nitrogens with one attached hydrogen (secondary N) is 1. The van der Waals surface area contributed by atoms with Crippen LogP contribution in [0.5, 0.6) is 0 Å². The van der Waals surface area contributed by atoms with Gasteiger partial charge in [0.15, 0.2) is 5.65 Å². The number of fused-ring (bicyclic) bond motifs is 3. The summed E-state index contributed by atoms with van der Waals surface area (Å²) in [6, 6.07) is 15.6. The molecule has 1 aliphatic rings. The van der Waals surface area contributed by atoms with E-state index < -0.39 is 0 Å². The predicted molar refractivity (Wildman–Crippen MR) is 130 cm³/mol. The van der Waals surface area contributed by atoms with Crippen molar-refractivity contribution in [3.8, 4) is 0 Å². The van der Waals surface area contributed by atoms with Crippen LogP contribution in [-0.4, -0.2) is 50.4 Å². The molecule has 5 rings (SSSR count). The van der Waals surface area contributed by atoms with Crippen molar-refractivity contribution in [2.75, 3.05) is 19.6 Å². The zero-order valence-corrected chi connectivity index (χ0v) is 18.9. The maximum absolute atomic E-state index is 13.1. The van der Waals surface area contributed by atoms with Crippen LogP contribution in [0.4, 0.5) is 0 Å². The topological polar surface area (TPSA) is 71.6 Å². The molecule has 7 nitrogen and oxygen atoms in total. The van der Waals surface area contributed by atoms with E-state index in [0.29, 0.717) is 35.9 Å². The third kappa shape index (κ3) is 4.28. The van der Waals surface area contributed by atoms with Crippen molar-refractivity contribution < 1.29 is 4.79 Å². The molecule has 1 unspecified atom stereocenters. The summed E-state index contributed by atoms with van der Waals surface area (Å²) in [5.74, 6) is -0.0647. The number of piperidine rings is 1. The van der Waals surface area contributed by atoms with Crippen LogP contribution in [0.2, 0.25) is 0 Å². The second-order valence-electron chi connectivity index (χ2n) is 8.83. The van der Waals surface area contributed by atoms with E-state index in [9.17, 15) is 9.59 Å². The van der Waals surface area contributed by atoms with Crippen molar-refractivity contribution in [3.63, 3.8) is 0 Å². The van der Waals surface area contributed by atoms with Crippen molar-refractivity contribution >= 4 is 22.6 Å². The van der Waals surface area contributed by atoms with E-state index in [-0.39, 0.29) is 11.5 Å². The summed E-state index contributed by atoms with van der Waals surface area (Å²) in [4.78, 5) is 32.6. The van der Waals surface area contributed by atoms with Crippen molar-refractivity contribution in [3.05, 3.63) is 82.4 Å². The highest BCUT2D eigenvalue weighted by atomic mass is 16.1. The minimum atomic E-state index is -0.0834. The first-order valence-electron chi connectivity index (χ1n) is 11.7. The Bertz CT molecular complexity index is 1340. The summed E-state index contributed by atoms with van der Waals surface area (Å²) in [5, 5.41) is 3.04. The normalized spacial score (nSPS) is 16.9. The Morgan fingerprint density at radius 3 is 2.73 bits per heavy atom. The molecule has 1 amide bonds. The first kappa shape index (κ1) is 21.4. The fourth-order valence-electron chi connectivity index (χ4n) is 4.78. The summed E-state index contributed by atoms with van der Waals surface area (Å²) < 4.78 is 3.57. The van der Waals surface area contributed by atoms with Crippen LogP contribution in [0.1, 0.15) is 42.1 Å². The SMILES string of the molecule is CC1CCCCN1CCNC(=O)c1ccc(Cn2c(=O)c3cccn3c3cccnc32)cc1. The molecule has 0 saturated carbocycles. The van der Waals surface area contributed by atoms with Gasteiger partial charge in [0.2, 0.25) is 0 Å². The molecular weight excluding hydrogens is 414 g/mol. The maximum atomic E-state index is 13.1. The number of hydrogen-bond acceptors (Lipinski definition) is 4. The van der Waals surface area contributed by atoms with Gasteiger partial charge in [-0.05, 0) is 68.3 Å². The number of amides is 1. The Kier molecular flexibility index (Phi) is 5.96. The third-order valence-electron chi connectivity index (χ3n) is 6.68. The zero-order chi connectivity index (χ0) is 22.8. The maximum Gasteiger partial charge on any atom is 0.276 e. The molecule has 1 aromatic carbocycles. The highest BCUT2D eigenvalue weighted by molar-refractivity contribution is 5.94. The van der Waals surface area contributed by atoms with Crippen molar-refractivity contribution in [2.45, 2.75) is 38.8 Å². The van der Waals surface area contributed by atoms with Gasteiger partial charge >= 0.3 is 0 Å². The summed E-state index contributed by atoms with van der Waals surface area (Å²) in [6.45, 7) is 5.30. The predicted octanol–water partition coefficient (Wildman–Crippen LogP) is 3.30. The molecule has 3 aromatic heterocycles. The number of aromatic nitrogens is 3. The Morgan fingerprint density at radius 2 is 1.91 bits per heavy atom. The fraction of sp³-hybridized carbons (Fsp3) is 0.346. The highest BCUT2D eigenvalue weighted by Crippen LogP contribution is 2.16. The van der Waals surface area contributed by atoms with E-state index in [4.69, 9.17) is 0 Å². The van der Waals surface area contributed by atoms with Crippen molar-refractivity contribution in [1.82, 2.24) is 24.2 Å². The van der Waals surface area contributed by atoms with Gasteiger partial charge in [0.25, 0.3) is 11.5 Å². The molecule has 33 heavy (non-hydrogen) atoms. The zero-order valence-electron chi connectivity index (χ0n) is 18.9. The van der Waals surface area contributed by atoms with Crippen LogP contribution in [0.25, 0.3) is 16.7 Å². The van der Waals surface area contributed by atoms with Crippen LogP contribution in [0.3, 0.4) is 0 Å². The molecule has 0 radical (unpaired) electrons. The van der Waals surface area contributed by atoms with E-state index in [0.717, 1.165) is 24.2 Å². The number of benzene rings is 1. The monoisotopic (exact) mass is 443 g/mol. The van der Waals surface area contributed by atoms with E-state index in [1.54, 1.807) is 10.8 Å². The van der Waals surface area contributed by atoms with Crippen LogP contribution in [0, 0.1) is 0 Å². The Morgan fingerprint density at radius 1 is 1.09 bits per heavy atom. The highest BCUT2D eigenvalue weighted by Gasteiger charge is 2.18. The van der Waals surface area contributed by atoms with E-state index >= 15 is 0 Å². The molecule has 1 fully saturated rings. The van der Waals surface area contributed by atoms with Gasteiger partial charge < -0.3 is 9.72 Å². The summed E-state index contributed by atoms with van der Waals surface area (Å²) in [5.41, 5.74) is 3.63. The number of likely N-dealkylation sites (tertiary alicyclic amines) is 1. The number of rotatable bonds is 6. The quantitative estimate of drug-likeness (QED) is 0.496. The molecule has 0 bridgehead atoms. The first-order chi connectivity index (χ1) is 16.1. The molecule has 4 aromatic rings. The Balaban J connectivity index is 1.29. The van der Waals surface area contributed by atoms with Crippen LogP contribution < -0.4 is 10.9 Å². The molecule has 1 atom stereocenters. The average Bonchev–Trinajstić information content (AvgIpc) is 3.34. The smallest absolute Gasteiger partial charge is 0.276 e. The van der Waals surface area contributed by atoms with Crippen LogP contribution in [0.15, 0.2) is 65.7 Å². The number of carbonyl (C=O) groups excluding carboxylic acids is 1. The van der Waals surface area contributed by atoms with E-state index in [2.05, 4.69) is 22.1 Å². The van der Waals surface area contributed by atoms with Crippen LogP contribution >= 0.6 is 0 Å². The van der Waals surface area contributed by atoms with Gasteiger partial charge in [-0.25, -0.2) is 4.98 Å². The molecule has 7 heteroatoms. The second kappa shape index (κ2) is 9.19. The molecule has 4 heterocycles. The number of hydrogen-bond donors (Lipinski definition) is 1. The minimum absolute atomic E-state index is 0.0647. The molecule has 0 spiro atoms. The van der Waals surface area contributed by atoms with E-state index in [1.807, 2.05) is 59.1 Å². The standard InChI is InChI=1S/C26H29N5O2/c1-19-6-2-3-15-29(19)17-14-28-25(32)21-11-9-20(10-12-21)18-31-24-22(7-4-13-27-24)30-16-5-8-23(30)26(31)33/h4-5,7-13,16,19H,2-3,6,14-15,17-18H2,1H3,(H,28,32). The molecule has 1 aliphatic heterocycles. The third-order valence-corrected chi connectivity index (χ3v) is 6.68. The van der Waals surface area contributed by atoms with Gasteiger partial charge in [-0.15, -0.1) is 0 Å². The van der Waals surface area contributed by atoms with Gasteiger partial charge in [-0.3, -0.25) is 19.1 Å². The van der Waals surface area contributed by atoms with E-state index in [1.165, 1.54) is 19.3 Å². The molecular formula is C26H29N5O2. The molecule has 170 valence electrons. The Labute approximate surface area is 192 Å². The Hall–Kier alpha value is -3.45. The number of nitrogens with zero attached hydrogens (tertiary/aromatic N) is 4. The lowest BCUT2D eigenvalue weighted by Crippen LogP contribution is -2.42. The van der Waals surface area contributed by atoms with Crippen LogP contribution in [-0.2, 0) is 6.54 Å². The molecule has 1 N–H and O–H groups in total. The summed E-state index contributed by atoms with van der Waals surface area (Å²) in [7, 11) is 0. The minimum Gasteiger partial charge on any atom is -0.351 e. The fourth-order valence-corrected chi connectivity index (χ4v) is 4.78. The van der Waals surface area contributed by atoms with Gasteiger partial charge in [-0.2, -0.15) is 0 Å². The van der Waals surface area contributed by atoms with Crippen molar-refractivity contribution in [2.24, 2.45) is 0 Å². The van der Waals surface area contributed by atoms with Gasteiger partial charge in [0.05, 0.1) is 12.1 Å². The van der Waals surface area contributed by atoms with Gasteiger partial charge in [0, 0.05) is 37.1 Å². The first-order valence-corrected chi connectivity index (χ1v) is 11.7. The lowest BCUT2D eigenvalue weighted by molar-refractivity contribution is 0.0938.